The summed E-state index contributed by atoms with van der Waals surface area (Å²) in [6.45, 7) is 3.71. The van der Waals surface area contributed by atoms with Gasteiger partial charge in [-0.05, 0) is 30.3 Å². The number of fused-ring (bicyclic) bond motifs is 1. The van der Waals surface area contributed by atoms with Crippen LogP contribution in [0.1, 0.15) is 5.69 Å². The summed E-state index contributed by atoms with van der Waals surface area (Å²) in [7, 11) is 1.54. The summed E-state index contributed by atoms with van der Waals surface area (Å²) in [4.78, 5) is 12.7. The molecule has 0 aliphatic rings. The lowest BCUT2D eigenvalue weighted by atomic mass is 10.2. The Balaban J connectivity index is 1.78. The number of methoxy groups -OCH3 is 1. The molecule has 30 heavy (non-hydrogen) atoms. The van der Waals surface area contributed by atoms with E-state index in [9.17, 15) is 4.39 Å². The summed E-state index contributed by atoms with van der Waals surface area (Å²) in [5.41, 5.74) is 1.47. The first kappa shape index (κ1) is 19.6. The number of hydrogen-bond donors (Lipinski definition) is 1. The van der Waals surface area contributed by atoms with Crippen LogP contribution < -0.4 is 14.8 Å². The second-order valence-corrected chi connectivity index (χ2v) is 6.60. The van der Waals surface area contributed by atoms with Crippen molar-refractivity contribution in [1.82, 2.24) is 15.0 Å². The molecule has 0 spiro atoms. The van der Waals surface area contributed by atoms with E-state index < -0.39 is 5.82 Å². The Hall–Kier alpha value is -3.71. The first-order valence-corrected chi connectivity index (χ1v) is 9.27. The third-order valence-electron chi connectivity index (χ3n) is 4.31. The lowest BCUT2D eigenvalue weighted by Gasteiger charge is -2.14. The Morgan fingerprint density at radius 2 is 1.97 bits per heavy atom. The fourth-order valence-corrected chi connectivity index (χ4v) is 3.04. The quantitative estimate of drug-likeness (QED) is 0.410. The van der Waals surface area contributed by atoms with Gasteiger partial charge in [0.2, 0.25) is 0 Å². The summed E-state index contributed by atoms with van der Waals surface area (Å²) in [5.74, 6) is 1.32. The smallest absolute Gasteiger partial charge is 0.170 e. The molecular formula is C22H16ClFN4O2. The minimum atomic E-state index is -0.565. The van der Waals surface area contributed by atoms with Crippen LogP contribution in [0, 0.1) is 5.82 Å². The van der Waals surface area contributed by atoms with Gasteiger partial charge in [0, 0.05) is 23.7 Å². The topological polar surface area (TPSA) is 69.2 Å². The second-order valence-electron chi connectivity index (χ2n) is 6.19. The molecule has 0 aliphatic heterocycles. The molecule has 6 nitrogen and oxygen atoms in total. The average molecular weight is 423 g/mol. The summed E-state index contributed by atoms with van der Waals surface area (Å²) in [5, 5.41) is 3.60. The number of rotatable bonds is 6. The molecular weight excluding hydrogens is 407 g/mol. The van der Waals surface area contributed by atoms with Crippen molar-refractivity contribution in [2.45, 2.75) is 0 Å². The first-order chi connectivity index (χ1) is 14.6. The number of pyridine rings is 1. The van der Waals surface area contributed by atoms with Crippen LogP contribution in [0.3, 0.4) is 0 Å². The molecule has 0 atom stereocenters. The number of nitrogens with one attached hydrogen (secondary N) is 1. The van der Waals surface area contributed by atoms with Gasteiger partial charge in [-0.3, -0.25) is 4.98 Å². The molecule has 8 heteroatoms. The van der Waals surface area contributed by atoms with Crippen LogP contribution in [-0.2, 0) is 0 Å². The molecule has 2 aromatic heterocycles. The van der Waals surface area contributed by atoms with Crippen LogP contribution in [-0.4, -0.2) is 22.1 Å². The van der Waals surface area contributed by atoms with Gasteiger partial charge in [0.05, 0.1) is 29.0 Å². The lowest BCUT2D eigenvalue weighted by molar-refractivity contribution is 0.379. The van der Waals surface area contributed by atoms with Crippen LogP contribution in [0.4, 0.5) is 15.9 Å². The molecule has 1 N–H and O–H groups in total. The number of hydrogen-bond acceptors (Lipinski definition) is 6. The fraction of sp³-hybridized carbons (Fsp3) is 0.0455. The molecule has 0 bridgehead atoms. The molecule has 150 valence electrons. The number of halogens is 2. The highest BCUT2D eigenvalue weighted by molar-refractivity contribution is 6.31. The van der Waals surface area contributed by atoms with Crippen LogP contribution >= 0.6 is 11.6 Å². The van der Waals surface area contributed by atoms with Gasteiger partial charge >= 0.3 is 0 Å². The van der Waals surface area contributed by atoms with E-state index >= 15 is 0 Å². The zero-order chi connectivity index (χ0) is 21.1. The Morgan fingerprint density at radius 1 is 1.10 bits per heavy atom. The highest BCUT2D eigenvalue weighted by Crippen LogP contribution is 2.37. The van der Waals surface area contributed by atoms with Gasteiger partial charge in [0.25, 0.3) is 0 Å². The van der Waals surface area contributed by atoms with Crippen molar-refractivity contribution in [1.29, 1.82) is 0 Å². The highest BCUT2D eigenvalue weighted by Gasteiger charge is 2.14. The monoisotopic (exact) mass is 422 g/mol. The fourth-order valence-electron chi connectivity index (χ4n) is 2.86. The number of anilines is 2. The third-order valence-corrected chi connectivity index (χ3v) is 4.61. The molecule has 0 unspecified atom stereocenters. The Bertz CT molecular complexity index is 1250. The summed E-state index contributed by atoms with van der Waals surface area (Å²) < 4.78 is 25.8. The molecule has 0 amide bonds. The maximum atomic E-state index is 14.3. The van der Waals surface area contributed by atoms with E-state index in [0.717, 1.165) is 0 Å². The molecule has 0 radical (unpaired) electrons. The molecule has 0 aliphatic carbocycles. The normalized spacial score (nSPS) is 10.6. The summed E-state index contributed by atoms with van der Waals surface area (Å²) in [6.07, 6.45) is 4.63. The van der Waals surface area contributed by atoms with Crippen molar-refractivity contribution in [2.75, 3.05) is 12.4 Å². The van der Waals surface area contributed by atoms with E-state index in [1.165, 1.54) is 19.5 Å². The van der Waals surface area contributed by atoms with Crippen molar-refractivity contribution in [2.24, 2.45) is 0 Å². The summed E-state index contributed by atoms with van der Waals surface area (Å²) >= 11 is 5.88. The lowest BCUT2D eigenvalue weighted by Crippen LogP contribution is -1.99. The molecule has 4 aromatic rings. The maximum absolute atomic E-state index is 14.3. The van der Waals surface area contributed by atoms with Gasteiger partial charge in [-0.25, -0.2) is 14.4 Å². The minimum absolute atomic E-state index is 0.0137. The van der Waals surface area contributed by atoms with Gasteiger partial charge in [0.1, 0.15) is 17.9 Å². The molecule has 2 heterocycles. The summed E-state index contributed by atoms with van der Waals surface area (Å²) in [6, 6.07) is 11.6. The van der Waals surface area contributed by atoms with Crippen LogP contribution in [0.25, 0.3) is 17.0 Å². The van der Waals surface area contributed by atoms with Gasteiger partial charge in [0.15, 0.2) is 17.3 Å². The SMILES string of the molecule is C=Cc1cc(Oc2cc3c(Nc4cccc(Cl)c4F)ncnc3cc2OC)ccn1. The van der Waals surface area contributed by atoms with Gasteiger partial charge in [-0.2, -0.15) is 0 Å². The highest BCUT2D eigenvalue weighted by atomic mass is 35.5. The minimum Gasteiger partial charge on any atom is -0.493 e. The van der Waals surface area contributed by atoms with Gasteiger partial charge in [-0.15, -0.1) is 0 Å². The zero-order valence-corrected chi connectivity index (χ0v) is 16.7. The standard InChI is InChI=1S/C22H16ClFN4O2/c1-3-13-9-14(7-8-25-13)30-20-10-15-18(11-19(20)29-2)26-12-27-22(15)28-17-6-4-5-16(23)21(17)24/h3-12H,1H2,2H3,(H,26,27,28). The van der Waals surface area contributed by atoms with Crippen molar-refractivity contribution < 1.29 is 13.9 Å². The van der Waals surface area contributed by atoms with Gasteiger partial charge in [-0.1, -0.05) is 24.2 Å². The van der Waals surface area contributed by atoms with E-state index in [1.54, 1.807) is 48.7 Å². The van der Waals surface area contributed by atoms with Gasteiger partial charge < -0.3 is 14.8 Å². The number of aromatic nitrogens is 3. The second kappa shape index (κ2) is 8.34. The molecule has 0 saturated heterocycles. The predicted octanol–water partition coefficient (Wildman–Crippen LogP) is 6.00. The average Bonchev–Trinajstić information content (AvgIpc) is 2.77. The van der Waals surface area contributed by atoms with Crippen LogP contribution in [0.2, 0.25) is 5.02 Å². The third kappa shape index (κ3) is 3.88. The molecule has 0 saturated carbocycles. The van der Waals surface area contributed by atoms with E-state index in [4.69, 9.17) is 21.1 Å². The van der Waals surface area contributed by atoms with Crippen LogP contribution in [0.5, 0.6) is 17.2 Å². The van der Waals surface area contributed by atoms with Crippen molar-refractivity contribution in [3.63, 3.8) is 0 Å². The first-order valence-electron chi connectivity index (χ1n) is 8.89. The Morgan fingerprint density at radius 3 is 2.77 bits per heavy atom. The number of nitrogens with zero attached hydrogens (tertiary/aromatic N) is 3. The molecule has 0 fully saturated rings. The van der Waals surface area contributed by atoms with E-state index in [0.29, 0.717) is 39.7 Å². The molecule has 4 rings (SSSR count). The number of benzene rings is 2. The predicted molar refractivity (Wildman–Crippen MR) is 115 cm³/mol. The maximum Gasteiger partial charge on any atom is 0.170 e. The van der Waals surface area contributed by atoms with Crippen LogP contribution in [0.15, 0.2) is 61.6 Å². The largest absolute Gasteiger partial charge is 0.493 e. The van der Waals surface area contributed by atoms with Crippen molar-refractivity contribution >= 4 is 40.1 Å². The molecule has 2 aromatic carbocycles. The Kier molecular flexibility index (Phi) is 5.45. The van der Waals surface area contributed by atoms with E-state index in [-0.39, 0.29) is 10.7 Å². The Labute approximate surface area is 177 Å². The zero-order valence-electron chi connectivity index (χ0n) is 15.9. The van der Waals surface area contributed by atoms with E-state index in [2.05, 4.69) is 26.8 Å². The van der Waals surface area contributed by atoms with Crippen molar-refractivity contribution in [3.05, 3.63) is 78.1 Å². The van der Waals surface area contributed by atoms with Crippen molar-refractivity contribution in [3.8, 4) is 17.2 Å². The number of ether oxygens (including phenoxy) is 2. The van der Waals surface area contributed by atoms with E-state index in [1.807, 2.05) is 0 Å².